The Morgan fingerprint density at radius 1 is 1.06 bits per heavy atom. The van der Waals surface area contributed by atoms with Gasteiger partial charge in [-0.15, -0.1) is 5.92 Å². The third kappa shape index (κ3) is 6.80. The Labute approximate surface area is 200 Å². The molecule has 3 rings (SSSR count). The van der Waals surface area contributed by atoms with Crippen molar-refractivity contribution in [2.24, 2.45) is 0 Å². The number of hydrogen-bond donors (Lipinski definition) is 3. The van der Waals surface area contributed by atoms with Crippen LogP contribution in [0.5, 0.6) is 23.0 Å². The minimum atomic E-state index is -0.685. The van der Waals surface area contributed by atoms with Crippen LogP contribution in [0.3, 0.4) is 0 Å². The van der Waals surface area contributed by atoms with Crippen LogP contribution in [-0.4, -0.2) is 57.6 Å². The van der Waals surface area contributed by atoms with Gasteiger partial charge in [0.25, 0.3) is 0 Å². The van der Waals surface area contributed by atoms with E-state index in [0.717, 1.165) is 17.5 Å². The summed E-state index contributed by atoms with van der Waals surface area (Å²) in [4.78, 5) is 11.9. The second-order valence-corrected chi connectivity index (χ2v) is 7.79. The van der Waals surface area contributed by atoms with Crippen LogP contribution in [0.2, 0.25) is 0 Å². The Bertz CT molecular complexity index is 1040. The van der Waals surface area contributed by atoms with Crippen molar-refractivity contribution < 1.29 is 28.8 Å². The summed E-state index contributed by atoms with van der Waals surface area (Å²) in [7, 11) is 3.22. The fourth-order valence-corrected chi connectivity index (χ4v) is 3.66. The van der Waals surface area contributed by atoms with Crippen LogP contribution in [-0.2, 0) is 17.6 Å². The zero-order chi connectivity index (χ0) is 24.3. The molecule has 3 N–H and O–H groups in total. The third-order valence-electron chi connectivity index (χ3n) is 5.42. The summed E-state index contributed by atoms with van der Waals surface area (Å²) in [5.74, 6) is 8.16. The number of aliphatic hydroxyl groups is 1. The summed E-state index contributed by atoms with van der Waals surface area (Å²) in [6.45, 7) is 3.20. The molecule has 1 unspecified atom stereocenters. The lowest BCUT2D eigenvalue weighted by Gasteiger charge is -2.23. The monoisotopic (exact) mass is 468 g/mol. The number of hydrogen-bond acceptors (Lipinski definition) is 7. The summed E-state index contributed by atoms with van der Waals surface area (Å²) < 4.78 is 22.2. The van der Waals surface area contributed by atoms with Gasteiger partial charge >= 0.3 is 0 Å². The van der Waals surface area contributed by atoms with E-state index in [2.05, 4.69) is 22.5 Å². The zero-order valence-electron chi connectivity index (χ0n) is 19.9. The highest BCUT2D eigenvalue weighted by atomic mass is 16.5. The number of aliphatic hydroxyl groups excluding tert-OH is 1. The van der Waals surface area contributed by atoms with E-state index in [0.29, 0.717) is 54.6 Å². The first-order valence-electron chi connectivity index (χ1n) is 11.3. The summed E-state index contributed by atoms with van der Waals surface area (Å²) in [5.41, 5.74) is 2.60. The van der Waals surface area contributed by atoms with Gasteiger partial charge in [0.2, 0.25) is 5.91 Å². The Morgan fingerprint density at radius 3 is 2.59 bits per heavy atom. The average molecular weight is 469 g/mol. The van der Waals surface area contributed by atoms with Crippen LogP contribution in [0, 0.1) is 11.8 Å². The number of anilines is 1. The highest BCUT2D eigenvalue weighted by molar-refractivity contribution is 5.96. The SMILES string of the molecule is CC#CCOc1ccc(OCC(O)CNCCc2ccc(OC)c(OC)c2)c2c1NC(=O)CC2. The third-order valence-corrected chi connectivity index (χ3v) is 5.42. The predicted molar refractivity (Wildman–Crippen MR) is 130 cm³/mol. The van der Waals surface area contributed by atoms with Gasteiger partial charge in [-0.2, -0.15) is 0 Å². The molecule has 0 fully saturated rings. The van der Waals surface area contributed by atoms with Crippen LogP contribution < -0.4 is 29.6 Å². The molecule has 2 aromatic carbocycles. The first-order valence-corrected chi connectivity index (χ1v) is 11.3. The van der Waals surface area contributed by atoms with Crippen molar-refractivity contribution in [1.29, 1.82) is 0 Å². The molecule has 34 heavy (non-hydrogen) atoms. The van der Waals surface area contributed by atoms with Crippen molar-refractivity contribution in [2.75, 3.05) is 45.8 Å². The normalized spacial score (nSPS) is 13.1. The molecule has 0 aromatic heterocycles. The lowest BCUT2D eigenvalue weighted by Crippen LogP contribution is -2.32. The minimum absolute atomic E-state index is 0.0604. The number of amides is 1. The van der Waals surface area contributed by atoms with Crippen LogP contribution >= 0.6 is 0 Å². The lowest BCUT2D eigenvalue weighted by molar-refractivity contribution is -0.116. The predicted octanol–water partition coefficient (Wildman–Crippen LogP) is 2.56. The number of nitrogens with one attached hydrogen (secondary N) is 2. The van der Waals surface area contributed by atoms with Crippen molar-refractivity contribution in [3.05, 3.63) is 41.5 Å². The van der Waals surface area contributed by atoms with Crippen LogP contribution in [0.1, 0.15) is 24.5 Å². The molecule has 2 aromatic rings. The molecule has 1 heterocycles. The van der Waals surface area contributed by atoms with Gasteiger partial charge < -0.3 is 34.7 Å². The maximum absolute atomic E-state index is 11.9. The van der Waals surface area contributed by atoms with E-state index in [4.69, 9.17) is 18.9 Å². The fraction of sp³-hybridized carbons (Fsp3) is 0.423. The molecule has 0 saturated carbocycles. The molecule has 8 nitrogen and oxygen atoms in total. The van der Waals surface area contributed by atoms with Crippen molar-refractivity contribution >= 4 is 11.6 Å². The first kappa shape index (κ1) is 25.2. The lowest BCUT2D eigenvalue weighted by atomic mass is 10.0. The smallest absolute Gasteiger partial charge is 0.224 e. The molecule has 0 saturated heterocycles. The van der Waals surface area contributed by atoms with E-state index >= 15 is 0 Å². The van der Waals surface area contributed by atoms with E-state index in [1.807, 2.05) is 24.3 Å². The highest BCUT2D eigenvalue weighted by Gasteiger charge is 2.23. The van der Waals surface area contributed by atoms with E-state index in [1.165, 1.54) is 0 Å². The Balaban J connectivity index is 1.49. The molecule has 0 spiro atoms. The number of rotatable bonds is 12. The number of carbonyl (C=O) groups excluding carboxylic acids is 1. The van der Waals surface area contributed by atoms with Gasteiger partial charge in [0.05, 0.1) is 19.9 Å². The van der Waals surface area contributed by atoms with Gasteiger partial charge in [-0.3, -0.25) is 4.79 Å². The molecule has 1 amide bonds. The molecule has 182 valence electrons. The number of ether oxygens (including phenoxy) is 4. The van der Waals surface area contributed by atoms with Crippen molar-refractivity contribution in [3.8, 4) is 34.8 Å². The van der Waals surface area contributed by atoms with Crippen molar-refractivity contribution in [1.82, 2.24) is 5.32 Å². The zero-order valence-corrected chi connectivity index (χ0v) is 19.9. The largest absolute Gasteiger partial charge is 0.493 e. The van der Waals surface area contributed by atoms with E-state index in [9.17, 15) is 9.90 Å². The molecular formula is C26H32N2O6. The first-order chi connectivity index (χ1) is 16.5. The maximum Gasteiger partial charge on any atom is 0.224 e. The Kier molecular flexibility index (Phi) is 9.44. The van der Waals surface area contributed by atoms with Gasteiger partial charge in [-0.05, 0) is 56.1 Å². The Morgan fingerprint density at radius 2 is 1.82 bits per heavy atom. The average Bonchev–Trinajstić information content (AvgIpc) is 2.85. The van der Waals surface area contributed by atoms with E-state index in [-0.39, 0.29) is 19.1 Å². The number of benzene rings is 2. The summed E-state index contributed by atoms with van der Waals surface area (Å²) in [6.07, 6.45) is 1.02. The van der Waals surface area contributed by atoms with Crippen molar-refractivity contribution in [2.45, 2.75) is 32.3 Å². The van der Waals surface area contributed by atoms with Gasteiger partial charge in [0.15, 0.2) is 11.5 Å². The summed E-state index contributed by atoms with van der Waals surface area (Å²) in [6, 6.07) is 9.39. The summed E-state index contributed by atoms with van der Waals surface area (Å²) >= 11 is 0. The van der Waals surface area contributed by atoms with Gasteiger partial charge in [-0.25, -0.2) is 0 Å². The van der Waals surface area contributed by atoms with Crippen LogP contribution in [0.4, 0.5) is 5.69 Å². The number of fused-ring (bicyclic) bond motifs is 1. The molecule has 1 atom stereocenters. The standard InChI is InChI=1S/C26H32N2O6/c1-4-5-14-33-23-10-9-21(20-7-11-25(30)28-26(20)23)34-17-19(29)16-27-13-12-18-6-8-22(31-2)24(15-18)32-3/h6,8-10,15,19,27,29H,7,11-14,16-17H2,1-3H3,(H,28,30). The molecule has 0 radical (unpaired) electrons. The molecule has 8 heteroatoms. The van der Waals surface area contributed by atoms with Crippen LogP contribution in [0.25, 0.3) is 0 Å². The van der Waals surface area contributed by atoms with Gasteiger partial charge in [0, 0.05) is 18.5 Å². The summed E-state index contributed by atoms with van der Waals surface area (Å²) in [5, 5.41) is 16.5. The number of methoxy groups -OCH3 is 2. The van der Waals surface area contributed by atoms with Crippen LogP contribution in [0.15, 0.2) is 30.3 Å². The highest BCUT2D eigenvalue weighted by Crippen LogP contribution is 2.39. The minimum Gasteiger partial charge on any atom is -0.493 e. The maximum atomic E-state index is 11.9. The van der Waals surface area contributed by atoms with Crippen molar-refractivity contribution in [3.63, 3.8) is 0 Å². The van der Waals surface area contributed by atoms with E-state index < -0.39 is 6.10 Å². The second-order valence-electron chi connectivity index (χ2n) is 7.79. The fourth-order valence-electron chi connectivity index (χ4n) is 3.66. The molecular weight excluding hydrogens is 436 g/mol. The Hall–Kier alpha value is -3.41. The van der Waals surface area contributed by atoms with E-state index in [1.54, 1.807) is 27.2 Å². The molecule has 0 bridgehead atoms. The quantitative estimate of drug-likeness (QED) is 0.325. The van der Waals surface area contributed by atoms with Gasteiger partial charge in [0.1, 0.15) is 30.8 Å². The second kappa shape index (κ2) is 12.7. The molecule has 0 aliphatic carbocycles. The molecule has 1 aliphatic rings. The molecule has 1 aliphatic heterocycles. The topological polar surface area (TPSA) is 98.3 Å². The number of carbonyl (C=O) groups is 1. The van der Waals surface area contributed by atoms with Gasteiger partial charge in [-0.1, -0.05) is 12.0 Å².